The van der Waals surface area contributed by atoms with Gasteiger partial charge in [0.05, 0.1) is 11.1 Å². The molecule has 19 heavy (non-hydrogen) atoms. The molecule has 0 atom stereocenters. The summed E-state index contributed by atoms with van der Waals surface area (Å²) in [6, 6.07) is 4.15. The zero-order valence-corrected chi connectivity index (χ0v) is 10.3. The number of aromatic nitrogens is 2. The molecule has 0 saturated heterocycles. The molecular formula is C12H13FN4O2. The highest BCUT2D eigenvalue weighted by atomic mass is 19.1. The SMILES string of the molecule is Cn1cc(CNCc2cccc([N+](=O)[O-])c2F)cn1. The molecular weight excluding hydrogens is 251 g/mol. The molecule has 0 radical (unpaired) electrons. The van der Waals surface area contributed by atoms with E-state index in [1.807, 2.05) is 13.2 Å². The number of hydrogen-bond acceptors (Lipinski definition) is 4. The largest absolute Gasteiger partial charge is 0.308 e. The first-order valence-corrected chi connectivity index (χ1v) is 5.68. The summed E-state index contributed by atoms with van der Waals surface area (Å²) in [7, 11) is 1.81. The molecule has 7 heteroatoms. The molecule has 0 aliphatic heterocycles. The molecule has 0 unspecified atom stereocenters. The number of halogens is 1. The summed E-state index contributed by atoms with van der Waals surface area (Å²) in [5.41, 5.74) is 0.743. The summed E-state index contributed by atoms with van der Waals surface area (Å²) in [6.07, 6.45) is 3.55. The van der Waals surface area contributed by atoms with Crippen LogP contribution in [0.2, 0.25) is 0 Å². The number of rotatable bonds is 5. The monoisotopic (exact) mass is 264 g/mol. The lowest BCUT2D eigenvalue weighted by molar-refractivity contribution is -0.387. The van der Waals surface area contributed by atoms with Gasteiger partial charge >= 0.3 is 5.69 Å². The van der Waals surface area contributed by atoms with Crippen LogP contribution in [0.3, 0.4) is 0 Å². The lowest BCUT2D eigenvalue weighted by Gasteiger charge is -2.05. The van der Waals surface area contributed by atoms with Crippen molar-refractivity contribution in [3.05, 3.63) is 57.7 Å². The first-order valence-electron chi connectivity index (χ1n) is 5.68. The van der Waals surface area contributed by atoms with Crippen molar-refractivity contribution in [2.45, 2.75) is 13.1 Å². The number of hydrogen-bond donors (Lipinski definition) is 1. The average molecular weight is 264 g/mol. The molecule has 1 N–H and O–H groups in total. The predicted molar refractivity (Wildman–Crippen MR) is 66.8 cm³/mol. The first kappa shape index (κ1) is 13.2. The van der Waals surface area contributed by atoms with Gasteiger partial charge in [0.25, 0.3) is 0 Å². The van der Waals surface area contributed by atoms with E-state index in [-0.39, 0.29) is 12.1 Å². The Morgan fingerprint density at radius 2 is 2.26 bits per heavy atom. The second-order valence-corrected chi connectivity index (χ2v) is 4.13. The van der Waals surface area contributed by atoms with Crippen molar-refractivity contribution in [2.24, 2.45) is 7.05 Å². The van der Waals surface area contributed by atoms with E-state index in [1.165, 1.54) is 12.1 Å². The second-order valence-electron chi connectivity index (χ2n) is 4.13. The smallest absolute Gasteiger partial charge is 0.305 e. The minimum atomic E-state index is -0.786. The topological polar surface area (TPSA) is 73.0 Å². The lowest BCUT2D eigenvalue weighted by Crippen LogP contribution is -2.13. The van der Waals surface area contributed by atoms with Crippen LogP contribution in [0.5, 0.6) is 0 Å². The number of nitro benzene ring substituents is 1. The molecule has 0 bridgehead atoms. The molecule has 0 aliphatic rings. The van der Waals surface area contributed by atoms with E-state index in [1.54, 1.807) is 10.9 Å². The molecule has 0 aliphatic carbocycles. The van der Waals surface area contributed by atoms with E-state index in [2.05, 4.69) is 10.4 Å². The molecule has 0 saturated carbocycles. The van der Waals surface area contributed by atoms with Crippen LogP contribution >= 0.6 is 0 Å². The molecule has 1 aromatic heterocycles. The van der Waals surface area contributed by atoms with Gasteiger partial charge in [-0.05, 0) is 0 Å². The summed E-state index contributed by atoms with van der Waals surface area (Å²) < 4.78 is 15.4. The summed E-state index contributed by atoms with van der Waals surface area (Å²) in [5.74, 6) is -0.786. The van der Waals surface area contributed by atoms with Gasteiger partial charge in [-0.2, -0.15) is 9.49 Å². The van der Waals surface area contributed by atoms with Gasteiger partial charge in [0.15, 0.2) is 0 Å². The number of aryl methyl sites for hydroxylation is 1. The maximum Gasteiger partial charge on any atom is 0.305 e. The van der Waals surface area contributed by atoms with E-state index in [0.717, 1.165) is 11.6 Å². The number of benzene rings is 1. The van der Waals surface area contributed by atoms with Gasteiger partial charge in [-0.1, -0.05) is 12.1 Å². The van der Waals surface area contributed by atoms with Gasteiger partial charge in [0.1, 0.15) is 0 Å². The van der Waals surface area contributed by atoms with Crippen LogP contribution in [0.1, 0.15) is 11.1 Å². The summed E-state index contributed by atoms with van der Waals surface area (Å²) in [4.78, 5) is 9.88. The Kier molecular flexibility index (Phi) is 3.86. The fraction of sp³-hybridized carbons (Fsp3) is 0.250. The summed E-state index contributed by atoms with van der Waals surface area (Å²) in [5, 5.41) is 17.6. The van der Waals surface area contributed by atoms with Crippen LogP contribution < -0.4 is 5.32 Å². The minimum Gasteiger partial charge on any atom is -0.308 e. The number of nitrogens with zero attached hydrogens (tertiary/aromatic N) is 3. The van der Waals surface area contributed by atoms with Crippen molar-refractivity contribution in [2.75, 3.05) is 0 Å². The standard InChI is InChI=1S/C12H13FN4O2/c1-16-8-9(6-15-16)5-14-7-10-3-2-4-11(12(10)13)17(18)19/h2-4,6,8,14H,5,7H2,1H3. The number of nitrogens with one attached hydrogen (secondary N) is 1. The molecule has 0 fully saturated rings. The Morgan fingerprint density at radius 1 is 1.47 bits per heavy atom. The normalized spacial score (nSPS) is 10.6. The molecule has 0 amide bonds. The van der Waals surface area contributed by atoms with Crippen LogP contribution in [0.4, 0.5) is 10.1 Å². The van der Waals surface area contributed by atoms with Gasteiger partial charge in [-0.3, -0.25) is 14.8 Å². The van der Waals surface area contributed by atoms with Gasteiger partial charge in [0, 0.05) is 43.5 Å². The molecule has 0 spiro atoms. The Hall–Kier alpha value is -2.28. The van der Waals surface area contributed by atoms with Gasteiger partial charge < -0.3 is 5.32 Å². The fourth-order valence-corrected chi connectivity index (χ4v) is 1.75. The third-order valence-electron chi connectivity index (χ3n) is 2.66. The predicted octanol–water partition coefficient (Wildman–Crippen LogP) is 1.76. The van der Waals surface area contributed by atoms with E-state index in [9.17, 15) is 14.5 Å². The maximum absolute atomic E-state index is 13.8. The zero-order chi connectivity index (χ0) is 13.8. The second kappa shape index (κ2) is 5.57. The lowest BCUT2D eigenvalue weighted by atomic mass is 10.2. The number of nitro groups is 1. The van der Waals surface area contributed by atoms with Crippen molar-refractivity contribution in [3.8, 4) is 0 Å². The minimum absolute atomic E-state index is 0.225. The summed E-state index contributed by atoms with van der Waals surface area (Å²) in [6.45, 7) is 0.748. The zero-order valence-electron chi connectivity index (χ0n) is 10.3. The molecule has 100 valence electrons. The Morgan fingerprint density at radius 3 is 2.89 bits per heavy atom. The third kappa shape index (κ3) is 3.14. The molecule has 2 aromatic rings. The van der Waals surface area contributed by atoms with Crippen LogP contribution in [-0.4, -0.2) is 14.7 Å². The Balaban J connectivity index is 2.00. The van der Waals surface area contributed by atoms with E-state index < -0.39 is 16.4 Å². The summed E-state index contributed by atoms with van der Waals surface area (Å²) >= 11 is 0. The first-order chi connectivity index (χ1) is 9.08. The Bertz CT molecular complexity index is 597. The van der Waals surface area contributed by atoms with Crippen LogP contribution in [-0.2, 0) is 20.1 Å². The van der Waals surface area contributed by atoms with Crippen LogP contribution in [0, 0.1) is 15.9 Å². The van der Waals surface area contributed by atoms with E-state index in [4.69, 9.17) is 0 Å². The average Bonchev–Trinajstić information content (AvgIpc) is 2.77. The van der Waals surface area contributed by atoms with Crippen molar-refractivity contribution in [1.29, 1.82) is 0 Å². The van der Waals surface area contributed by atoms with Gasteiger partial charge in [-0.25, -0.2) is 0 Å². The quantitative estimate of drug-likeness (QED) is 0.659. The molecule has 6 nitrogen and oxygen atoms in total. The van der Waals surface area contributed by atoms with Gasteiger partial charge in [-0.15, -0.1) is 0 Å². The van der Waals surface area contributed by atoms with Gasteiger partial charge in [0.2, 0.25) is 5.82 Å². The van der Waals surface area contributed by atoms with Crippen molar-refractivity contribution in [1.82, 2.24) is 15.1 Å². The van der Waals surface area contributed by atoms with E-state index >= 15 is 0 Å². The molecule has 2 rings (SSSR count). The maximum atomic E-state index is 13.8. The van der Waals surface area contributed by atoms with Crippen molar-refractivity contribution >= 4 is 5.69 Å². The van der Waals surface area contributed by atoms with Crippen molar-refractivity contribution < 1.29 is 9.31 Å². The van der Waals surface area contributed by atoms with Crippen LogP contribution in [0.25, 0.3) is 0 Å². The van der Waals surface area contributed by atoms with Crippen LogP contribution in [0.15, 0.2) is 30.6 Å². The third-order valence-corrected chi connectivity index (χ3v) is 2.66. The Labute approximate surface area is 109 Å². The highest BCUT2D eigenvalue weighted by molar-refractivity contribution is 5.36. The fourth-order valence-electron chi connectivity index (χ4n) is 1.75. The van der Waals surface area contributed by atoms with Crippen molar-refractivity contribution in [3.63, 3.8) is 0 Å². The highest BCUT2D eigenvalue weighted by Crippen LogP contribution is 2.19. The highest BCUT2D eigenvalue weighted by Gasteiger charge is 2.16. The molecule has 1 heterocycles. The van der Waals surface area contributed by atoms with E-state index in [0.29, 0.717) is 6.54 Å². The molecule has 1 aromatic carbocycles.